The zero-order chi connectivity index (χ0) is 14.9. The first-order valence-corrected chi connectivity index (χ1v) is 8.58. The summed E-state index contributed by atoms with van der Waals surface area (Å²) in [6.45, 7) is 0.600. The molecule has 0 bridgehead atoms. The van der Waals surface area contributed by atoms with E-state index in [2.05, 4.69) is 5.32 Å². The van der Waals surface area contributed by atoms with Gasteiger partial charge in [-0.2, -0.15) is 0 Å². The SMILES string of the molecule is CN1C(=O)CC[C@]2(C(=O)NCc3cccs3)CCCC[C@@H]12. The van der Waals surface area contributed by atoms with Crippen molar-refractivity contribution in [2.45, 2.75) is 51.1 Å². The molecular weight excluding hydrogens is 284 g/mol. The quantitative estimate of drug-likeness (QED) is 0.933. The van der Waals surface area contributed by atoms with Crippen molar-refractivity contribution >= 4 is 23.2 Å². The monoisotopic (exact) mass is 306 g/mol. The third-order valence-corrected chi connectivity index (χ3v) is 5.97. The normalized spacial score (nSPS) is 29.1. The van der Waals surface area contributed by atoms with Crippen molar-refractivity contribution in [2.75, 3.05) is 7.05 Å². The second-order valence-electron chi connectivity index (χ2n) is 6.18. The van der Waals surface area contributed by atoms with Crippen LogP contribution in [0, 0.1) is 5.41 Å². The van der Waals surface area contributed by atoms with Gasteiger partial charge in [0.15, 0.2) is 0 Å². The van der Waals surface area contributed by atoms with Crippen molar-refractivity contribution in [1.82, 2.24) is 10.2 Å². The van der Waals surface area contributed by atoms with Gasteiger partial charge in [0.05, 0.1) is 12.0 Å². The number of piperidine rings is 1. The highest BCUT2D eigenvalue weighted by molar-refractivity contribution is 7.09. The third-order valence-electron chi connectivity index (χ3n) is 5.09. The van der Waals surface area contributed by atoms with Gasteiger partial charge in [-0.15, -0.1) is 11.3 Å². The molecular formula is C16H22N2O2S. The number of hydrogen-bond acceptors (Lipinski definition) is 3. The molecule has 1 aliphatic heterocycles. The largest absolute Gasteiger partial charge is 0.351 e. The number of rotatable bonds is 3. The second kappa shape index (κ2) is 5.79. The van der Waals surface area contributed by atoms with Gasteiger partial charge in [-0.25, -0.2) is 0 Å². The molecule has 2 heterocycles. The van der Waals surface area contributed by atoms with Crippen molar-refractivity contribution < 1.29 is 9.59 Å². The fourth-order valence-electron chi connectivity index (χ4n) is 3.89. The summed E-state index contributed by atoms with van der Waals surface area (Å²) in [5, 5.41) is 5.14. The number of nitrogens with one attached hydrogen (secondary N) is 1. The Balaban J connectivity index is 1.75. The average Bonchev–Trinajstić information content (AvgIpc) is 3.02. The van der Waals surface area contributed by atoms with Crippen molar-refractivity contribution in [1.29, 1.82) is 0 Å². The van der Waals surface area contributed by atoms with Gasteiger partial charge in [0.2, 0.25) is 11.8 Å². The Labute approximate surface area is 129 Å². The summed E-state index contributed by atoms with van der Waals surface area (Å²) < 4.78 is 0. The van der Waals surface area contributed by atoms with Crippen LogP contribution in [0.15, 0.2) is 17.5 Å². The van der Waals surface area contributed by atoms with E-state index in [1.165, 1.54) is 4.88 Å². The molecule has 1 saturated heterocycles. The van der Waals surface area contributed by atoms with Crippen LogP contribution < -0.4 is 5.32 Å². The number of amides is 2. The Morgan fingerprint density at radius 1 is 1.48 bits per heavy atom. The van der Waals surface area contributed by atoms with E-state index in [1.807, 2.05) is 29.5 Å². The van der Waals surface area contributed by atoms with E-state index in [9.17, 15) is 9.59 Å². The summed E-state index contributed by atoms with van der Waals surface area (Å²) >= 11 is 1.66. The fourth-order valence-corrected chi connectivity index (χ4v) is 4.54. The van der Waals surface area contributed by atoms with E-state index in [4.69, 9.17) is 0 Å². The van der Waals surface area contributed by atoms with E-state index < -0.39 is 0 Å². The van der Waals surface area contributed by atoms with Crippen molar-refractivity contribution in [3.8, 4) is 0 Å². The molecule has 2 aliphatic rings. The van der Waals surface area contributed by atoms with E-state index in [0.717, 1.165) is 25.7 Å². The Kier molecular flexibility index (Phi) is 4.02. The number of carbonyl (C=O) groups excluding carboxylic acids is 2. The standard InChI is InChI=1S/C16H22N2O2S/c1-18-13-6-2-3-8-16(13,9-7-14(18)19)15(20)17-11-12-5-4-10-21-12/h4-5,10,13H,2-3,6-9,11H2,1H3,(H,17,20)/t13-,16-/m1/s1. The van der Waals surface area contributed by atoms with Gasteiger partial charge in [0.1, 0.15) is 0 Å². The highest BCUT2D eigenvalue weighted by Crippen LogP contribution is 2.46. The molecule has 1 aromatic heterocycles. The zero-order valence-corrected chi connectivity index (χ0v) is 13.2. The first-order chi connectivity index (χ1) is 10.1. The summed E-state index contributed by atoms with van der Waals surface area (Å²) in [7, 11) is 1.86. The van der Waals surface area contributed by atoms with Crippen LogP contribution in [-0.4, -0.2) is 29.8 Å². The minimum absolute atomic E-state index is 0.0795. The van der Waals surface area contributed by atoms with Crippen LogP contribution in [0.2, 0.25) is 0 Å². The number of carbonyl (C=O) groups is 2. The van der Waals surface area contributed by atoms with Crippen LogP contribution >= 0.6 is 11.3 Å². The fraction of sp³-hybridized carbons (Fsp3) is 0.625. The van der Waals surface area contributed by atoms with Crippen molar-refractivity contribution in [2.24, 2.45) is 5.41 Å². The number of hydrogen-bond donors (Lipinski definition) is 1. The zero-order valence-electron chi connectivity index (χ0n) is 12.4. The lowest BCUT2D eigenvalue weighted by Crippen LogP contribution is -2.60. The maximum Gasteiger partial charge on any atom is 0.228 e. The minimum atomic E-state index is -0.363. The van der Waals surface area contributed by atoms with E-state index in [0.29, 0.717) is 19.4 Å². The molecule has 5 heteroatoms. The van der Waals surface area contributed by atoms with Crippen LogP contribution in [0.3, 0.4) is 0 Å². The van der Waals surface area contributed by atoms with Crippen LogP contribution in [0.1, 0.15) is 43.4 Å². The maximum atomic E-state index is 12.9. The van der Waals surface area contributed by atoms with Crippen molar-refractivity contribution in [3.05, 3.63) is 22.4 Å². The molecule has 0 unspecified atom stereocenters. The Hall–Kier alpha value is -1.36. The highest BCUT2D eigenvalue weighted by atomic mass is 32.1. The molecule has 1 aromatic rings. The van der Waals surface area contributed by atoms with Gasteiger partial charge < -0.3 is 10.2 Å². The number of thiophene rings is 1. The first-order valence-electron chi connectivity index (χ1n) is 7.70. The molecule has 0 spiro atoms. The molecule has 21 heavy (non-hydrogen) atoms. The van der Waals surface area contributed by atoms with Gasteiger partial charge in [0.25, 0.3) is 0 Å². The minimum Gasteiger partial charge on any atom is -0.351 e. The Morgan fingerprint density at radius 2 is 2.33 bits per heavy atom. The molecule has 4 nitrogen and oxygen atoms in total. The van der Waals surface area contributed by atoms with E-state index in [1.54, 1.807) is 11.3 Å². The van der Waals surface area contributed by atoms with E-state index in [-0.39, 0.29) is 23.3 Å². The van der Waals surface area contributed by atoms with Crippen LogP contribution in [0.25, 0.3) is 0 Å². The summed E-state index contributed by atoms with van der Waals surface area (Å²) in [5.41, 5.74) is -0.363. The molecule has 114 valence electrons. The lowest BCUT2D eigenvalue weighted by molar-refractivity contribution is -0.153. The molecule has 1 aliphatic carbocycles. The molecule has 0 radical (unpaired) electrons. The Morgan fingerprint density at radius 3 is 3.10 bits per heavy atom. The molecule has 3 rings (SSSR count). The summed E-state index contributed by atoms with van der Waals surface area (Å²) in [4.78, 5) is 27.8. The average molecular weight is 306 g/mol. The number of likely N-dealkylation sites (tertiary alicyclic amines) is 1. The van der Waals surface area contributed by atoms with Crippen LogP contribution in [-0.2, 0) is 16.1 Å². The highest BCUT2D eigenvalue weighted by Gasteiger charge is 2.52. The summed E-state index contributed by atoms with van der Waals surface area (Å²) in [5.74, 6) is 0.323. The molecule has 0 aromatic carbocycles. The molecule has 2 amide bonds. The maximum absolute atomic E-state index is 12.9. The summed E-state index contributed by atoms with van der Waals surface area (Å²) in [6.07, 6.45) is 5.27. The Bertz CT molecular complexity index is 528. The third kappa shape index (κ3) is 2.59. The molecule has 2 fully saturated rings. The van der Waals surface area contributed by atoms with Crippen LogP contribution in [0.5, 0.6) is 0 Å². The lowest BCUT2D eigenvalue weighted by atomic mass is 9.64. The second-order valence-corrected chi connectivity index (χ2v) is 7.22. The smallest absolute Gasteiger partial charge is 0.228 e. The van der Waals surface area contributed by atoms with Gasteiger partial charge in [-0.3, -0.25) is 9.59 Å². The van der Waals surface area contributed by atoms with Gasteiger partial charge >= 0.3 is 0 Å². The van der Waals surface area contributed by atoms with Gasteiger partial charge in [0, 0.05) is 24.4 Å². The summed E-state index contributed by atoms with van der Waals surface area (Å²) in [6, 6.07) is 4.12. The lowest BCUT2D eigenvalue weighted by Gasteiger charge is -2.50. The topological polar surface area (TPSA) is 49.4 Å². The van der Waals surface area contributed by atoms with Crippen molar-refractivity contribution in [3.63, 3.8) is 0 Å². The number of nitrogens with zero attached hydrogens (tertiary/aromatic N) is 1. The van der Waals surface area contributed by atoms with Gasteiger partial charge in [-0.05, 0) is 30.7 Å². The van der Waals surface area contributed by atoms with Gasteiger partial charge in [-0.1, -0.05) is 18.9 Å². The van der Waals surface area contributed by atoms with E-state index >= 15 is 0 Å². The predicted molar refractivity (Wildman–Crippen MR) is 82.9 cm³/mol. The first kappa shape index (κ1) is 14.6. The molecule has 1 N–H and O–H groups in total. The molecule has 2 atom stereocenters. The van der Waals surface area contributed by atoms with Crippen LogP contribution in [0.4, 0.5) is 0 Å². The molecule has 1 saturated carbocycles. The number of fused-ring (bicyclic) bond motifs is 1. The predicted octanol–water partition coefficient (Wildman–Crippen LogP) is 2.55.